The molecular formula is C13H15Cl2N3O2. The number of rotatable bonds is 2. The average Bonchev–Trinajstić information content (AvgIpc) is 2.32. The Balaban J connectivity index is 2.63. The van der Waals surface area contributed by atoms with Gasteiger partial charge in [-0.15, -0.1) is 0 Å². The molecule has 0 atom stereocenters. The first-order valence-electron chi connectivity index (χ1n) is 5.80. The second-order valence-corrected chi connectivity index (χ2v) is 5.83. The minimum absolute atomic E-state index is 0.325. The van der Waals surface area contributed by atoms with Crippen LogP contribution in [0.3, 0.4) is 0 Å². The molecule has 1 rings (SSSR count). The van der Waals surface area contributed by atoms with E-state index >= 15 is 0 Å². The highest BCUT2D eigenvalue weighted by molar-refractivity contribution is 6.43. The zero-order chi connectivity index (χ0) is 15.3. The van der Waals surface area contributed by atoms with E-state index < -0.39 is 17.4 Å². The normalized spacial score (nSPS) is 11.4. The van der Waals surface area contributed by atoms with Crippen LogP contribution >= 0.6 is 23.2 Å². The van der Waals surface area contributed by atoms with Crippen LogP contribution in [-0.2, 0) is 9.59 Å². The van der Waals surface area contributed by atoms with Gasteiger partial charge in [-0.05, 0) is 26.8 Å². The molecule has 5 nitrogen and oxygen atoms in total. The topological polar surface area (TPSA) is 70.6 Å². The summed E-state index contributed by atoms with van der Waals surface area (Å²) in [5.41, 5.74) is 2.16. The maximum atomic E-state index is 11.5. The lowest BCUT2D eigenvalue weighted by molar-refractivity contribution is -0.140. The van der Waals surface area contributed by atoms with Crippen molar-refractivity contribution in [3.05, 3.63) is 33.8 Å². The number of carbonyl (C=O) groups is 2. The van der Waals surface area contributed by atoms with Crippen LogP contribution in [0.1, 0.15) is 26.3 Å². The fraction of sp³-hybridized carbons (Fsp3) is 0.308. The number of hydrogen-bond acceptors (Lipinski definition) is 3. The highest BCUT2D eigenvalue weighted by Gasteiger charge is 2.19. The third-order valence-electron chi connectivity index (χ3n) is 2.05. The van der Waals surface area contributed by atoms with Crippen molar-refractivity contribution in [1.82, 2.24) is 10.7 Å². The van der Waals surface area contributed by atoms with E-state index in [1.165, 1.54) is 6.21 Å². The fourth-order valence-corrected chi connectivity index (χ4v) is 1.59. The summed E-state index contributed by atoms with van der Waals surface area (Å²) in [6, 6.07) is 5.01. The van der Waals surface area contributed by atoms with Crippen molar-refractivity contribution in [3.63, 3.8) is 0 Å². The lowest BCUT2D eigenvalue weighted by atomic mass is 10.1. The monoisotopic (exact) mass is 315 g/mol. The van der Waals surface area contributed by atoms with Crippen molar-refractivity contribution >= 4 is 41.2 Å². The molecule has 1 aromatic rings. The first-order chi connectivity index (χ1) is 9.20. The Kier molecular flexibility index (Phi) is 5.53. The van der Waals surface area contributed by atoms with Crippen LogP contribution in [0.4, 0.5) is 0 Å². The molecule has 0 bridgehead atoms. The predicted molar refractivity (Wildman–Crippen MR) is 80.1 cm³/mol. The van der Waals surface area contributed by atoms with Gasteiger partial charge in [0.1, 0.15) is 0 Å². The number of hydrazone groups is 1. The van der Waals surface area contributed by atoms with E-state index in [1.54, 1.807) is 39.0 Å². The molecule has 2 N–H and O–H groups in total. The van der Waals surface area contributed by atoms with E-state index in [2.05, 4.69) is 15.8 Å². The van der Waals surface area contributed by atoms with Crippen LogP contribution in [0.5, 0.6) is 0 Å². The van der Waals surface area contributed by atoms with Gasteiger partial charge in [-0.1, -0.05) is 35.3 Å². The van der Waals surface area contributed by atoms with Gasteiger partial charge in [0.2, 0.25) is 0 Å². The van der Waals surface area contributed by atoms with Gasteiger partial charge in [0.25, 0.3) is 0 Å². The molecule has 108 valence electrons. The van der Waals surface area contributed by atoms with Crippen LogP contribution in [0.15, 0.2) is 23.3 Å². The molecule has 2 amide bonds. The summed E-state index contributed by atoms with van der Waals surface area (Å²) in [6.07, 6.45) is 1.32. The second kappa shape index (κ2) is 6.72. The predicted octanol–water partition coefficient (Wildman–Crippen LogP) is 2.36. The number of hydrogen-bond donors (Lipinski definition) is 2. The van der Waals surface area contributed by atoms with Gasteiger partial charge >= 0.3 is 11.8 Å². The molecule has 0 aliphatic rings. The summed E-state index contributed by atoms with van der Waals surface area (Å²) in [5.74, 6) is -1.61. The molecule has 0 unspecified atom stereocenters. The molecule has 0 aromatic heterocycles. The second-order valence-electron chi connectivity index (χ2n) is 5.05. The molecular weight excluding hydrogens is 301 g/mol. The minimum Gasteiger partial charge on any atom is -0.343 e. The molecule has 0 aliphatic carbocycles. The van der Waals surface area contributed by atoms with Crippen LogP contribution in [0.25, 0.3) is 0 Å². The Morgan fingerprint density at radius 3 is 2.45 bits per heavy atom. The zero-order valence-corrected chi connectivity index (χ0v) is 12.8. The summed E-state index contributed by atoms with van der Waals surface area (Å²) < 4.78 is 0. The quantitative estimate of drug-likeness (QED) is 0.499. The number of carbonyl (C=O) groups excluding carboxylic acids is 2. The SMILES string of the molecule is CC(C)(C)NC(=O)C(=O)N/N=C\c1cccc(Cl)c1Cl. The van der Waals surface area contributed by atoms with Gasteiger partial charge in [0, 0.05) is 11.1 Å². The van der Waals surface area contributed by atoms with Gasteiger partial charge in [-0.3, -0.25) is 9.59 Å². The van der Waals surface area contributed by atoms with Crippen molar-refractivity contribution in [2.75, 3.05) is 0 Å². The van der Waals surface area contributed by atoms with Gasteiger partial charge in [0.15, 0.2) is 0 Å². The third kappa shape index (κ3) is 5.19. The van der Waals surface area contributed by atoms with Crippen molar-refractivity contribution in [2.45, 2.75) is 26.3 Å². The Bertz CT molecular complexity index is 551. The Labute approximate surface area is 127 Å². The molecule has 0 fully saturated rings. The van der Waals surface area contributed by atoms with E-state index in [0.717, 1.165) is 0 Å². The summed E-state index contributed by atoms with van der Waals surface area (Å²) >= 11 is 11.8. The van der Waals surface area contributed by atoms with E-state index in [0.29, 0.717) is 15.6 Å². The minimum atomic E-state index is -0.852. The highest BCUT2D eigenvalue weighted by Crippen LogP contribution is 2.23. The van der Waals surface area contributed by atoms with Crippen molar-refractivity contribution in [2.24, 2.45) is 5.10 Å². The summed E-state index contributed by atoms with van der Waals surface area (Å²) in [6.45, 7) is 5.31. The molecule has 0 spiro atoms. The first kappa shape index (κ1) is 16.5. The van der Waals surface area contributed by atoms with Gasteiger partial charge in [-0.25, -0.2) is 5.43 Å². The number of benzene rings is 1. The number of nitrogens with one attached hydrogen (secondary N) is 2. The number of amides is 2. The highest BCUT2D eigenvalue weighted by atomic mass is 35.5. The lowest BCUT2D eigenvalue weighted by Gasteiger charge is -2.19. The average molecular weight is 316 g/mol. The summed E-state index contributed by atoms with van der Waals surface area (Å²) in [5, 5.41) is 6.89. The van der Waals surface area contributed by atoms with Crippen LogP contribution in [-0.4, -0.2) is 23.6 Å². The van der Waals surface area contributed by atoms with Crippen LogP contribution in [0.2, 0.25) is 10.0 Å². The third-order valence-corrected chi connectivity index (χ3v) is 2.88. The molecule has 0 radical (unpaired) electrons. The van der Waals surface area contributed by atoms with Crippen molar-refractivity contribution in [1.29, 1.82) is 0 Å². The first-order valence-corrected chi connectivity index (χ1v) is 6.56. The Hall–Kier alpha value is -1.59. The van der Waals surface area contributed by atoms with Crippen LogP contribution in [0, 0.1) is 0 Å². The zero-order valence-electron chi connectivity index (χ0n) is 11.3. The number of halogens is 2. The molecule has 0 heterocycles. The van der Waals surface area contributed by atoms with Crippen LogP contribution < -0.4 is 10.7 Å². The molecule has 1 aromatic carbocycles. The van der Waals surface area contributed by atoms with Gasteiger partial charge in [0.05, 0.1) is 16.3 Å². The van der Waals surface area contributed by atoms with Gasteiger partial charge in [-0.2, -0.15) is 5.10 Å². The van der Waals surface area contributed by atoms with E-state index in [-0.39, 0.29) is 0 Å². The Morgan fingerprint density at radius 1 is 1.20 bits per heavy atom. The number of nitrogens with zero attached hydrogens (tertiary/aromatic N) is 1. The maximum absolute atomic E-state index is 11.5. The van der Waals surface area contributed by atoms with Gasteiger partial charge < -0.3 is 5.32 Å². The molecule has 0 saturated carbocycles. The van der Waals surface area contributed by atoms with E-state index in [1.807, 2.05) is 0 Å². The molecule has 0 saturated heterocycles. The molecule has 0 aliphatic heterocycles. The van der Waals surface area contributed by atoms with E-state index in [9.17, 15) is 9.59 Å². The largest absolute Gasteiger partial charge is 0.343 e. The Morgan fingerprint density at radius 2 is 1.85 bits per heavy atom. The van der Waals surface area contributed by atoms with Crippen molar-refractivity contribution < 1.29 is 9.59 Å². The lowest BCUT2D eigenvalue weighted by Crippen LogP contribution is -2.47. The van der Waals surface area contributed by atoms with E-state index in [4.69, 9.17) is 23.2 Å². The summed E-state index contributed by atoms with van der Waals surface area (Å²) in [4.78, 5) is 22.9. The maximum Gasteiger partial charge on any atom is 0.329 e. The molecule has 20 heavy (non-hydrogen) atoms. The summed E-state index contributed by atoms with van der Waals surface area (Å²) in [7, 11) is 0. The fourth-order valence-electron chi connectivity index (χ4n) is 1.23. The van der Waals surface area contributed by atoms with Crippen molar-refractivity contribution in [3.8, 4) is 0 Å². The smallest absolute Gasteiger partial charge is 0.329 e. The molecule has 7 heteroatoms. The standard InChI is InChI=1S/C13H15Cl2N3O2/c1-13(2,3)17-11(19)12(20)18-16-7-8-5-4-6-9(14)10(8)15/h4-7H,1-3H3,(H,17,19)(H,18,20)/b16-7-.